The van der Waals surface area contributed by atoms with E-state index in [1.54, 1.807) is 31.4 Å². The number of rotatable bonds is 4. The third-order valence-corrected chi connectivity index (χ3v) is 4.65. The molecule has 0 radical (unpaired) electrons. The highest BCUT2D eigenvalue weighted by molar-refractivity contribution is 6.37. The van der Waals surface area contributed by atoms with Gasteiger partial charge in [-0.25, -0.2) is 0 Å². The van der Waals surface area contributed by atoms with Gasteiger partial charge in [-0.1, -0.05) is 60.1 Å². The highest BCUT2D eigenvalue weighted by Crippen LogP contribution is 2.31. The minimum Gasteiger partial charge on any atom is -0.496 e. The van der Waals surface area contributed by atoms with E-state index in [2.05, 4.69) is 5.10 Å². The number of hydrogen-bond donors (Lipinski definition) is 0. The van der Waals surface area contributed by atoms with Gasteiger partial charge < -0.3 is 4.74 Å². The molecule has 1 heterocycles. The first-order chi connectivity index (χ1) is 13.7. The van der Waals surface area contributed by atoms with Gasteiger partial charge in [0.25, 0.3) is 5.91 Å². The summed E-state index contributed by atoms with van der Waals surface area (Å²) in [5, 5.41) is 6.61. The van der Waals surface area contributed by atoms with Gasteiger partial charge in [0.05, 0.1) is 18.4 Å². The number of carbonyl (C=O) groups is 1. The summed E-state index contributed by atoms with van der Waals surface area (Å²) in [5.41, 5.74) is 3.38. The van der Waals surface area contributed by atoms with Gasteiger partial charge in [0.1, 0.15) is 11.5 Å². The Kier molecular flexibility index (Phi) is 4.96. The van der Waals surface area contributed by atoms with Gasteiger partial charge in [-0.2, -0.15) is 10.1 Å². The van der Waals surface area contributed by atoms with Crippen LogP contribution in [-0.2, 0) is 4.79 Å². The molecule has 4 nitrogen and oxygen atoms in total. The number of benzene rings is 3. The smallest absolute Gasteiger partial charge is 0.281 e. The lowest BCUT2D eigenvalue weighted by Crippen LogP contribution is -2.21. The summed E-state index contributed by atoms with van der Waals surface area (Å²) < 4.78 is 5.43. The summed E-state index contributed by atoms with van der Waals surface area (Å²) in [4.78, 5) is 13.2. The van der Waals surface area contributed by atoms with Crippen LogP contribution < -0.4 is 9.75 Å². The van der Waals surface area contributed by atoms with Crippen LogP contribution in [0.4, 0.5) is 5.69 Å². The second kappa shape index (κ2) is 7.71. The highest BCUT2D eigenvalue weighted by Gasteiger charge is 2.32. The summed E-state index contributed by atoms with van der Waals surface area (Å²) in [7, 11) is 1.59. The number of methoxy groups -OCH3 is 1. The molecule has 0 saturated heterocycles. The molecule has 0 atom stereocenters. The molecule has 0 aromatic heterocycles. The van der Waals surface area contributed by atoms with E-state index in [-0.39, 0.29) is 5.91 Å². The Bertz CT molecular complexity index is 1080. The van der Waals surface area contributed by atoms with Gasteiger partial charge in [-0.05, 0) is 36.4 Å². The average molecular weight is 389 g/mol. The Labute approximate surface area is 168 Å². The number of nitrogens with zero attached hydrogens (tertiary/aromatic N) is 2. The molecule has 5 heteroatoms. The fourth-order valence-corrected chi connectivity index (χ4v) is 3.25. The maximum absolute atomic E-state index is 13.2. The standard InChI is InChI=1S/C23H17ClN2O2/c1-28-21-13-12-18(24)14-17(21)15-20-22(16-8-4-2-5-9-16)25-26(23(20)27)19-10-6-3-7-11-19/h2-15H,1H3/b20-15-. The first-order valence-electron chi connectivity index (χ1n) is 8.76. The van der Waals surface area contributed by atoms with Crippen molar-refractivity contribution >= 4 is 35.0 Å². The minimum absolute atomic E-state index is 0.202. The monoisotopic (exact) mass is 388 g/mol. The van der Waals surface area contributed by atoms with Gasteiger partial charge in [-0.3, -0.25) is 4.79 Å². The van der Waals surface area contributed by atoms with Crippen LogP contribution in [0.1, 0.15) is 11.1 Å². The zero-order valence-corrected chi connectivity index (χ0v) is 15.9. The summed E-state index contributed by atoms with van der Waals surface area (Å²) in [6.45, 7) is 0. The number of hydrogen-bond acceptors (Lipinski definition) is 3. The van der Waals surface area contributed by atoms with Crippen LogP contribution in [0, 0.1) is 0 Å². The van der Waals surface area contributed by atoms with Crippen LogP contribution in [0.2, 0.25) is 5.02 Å². The maximum atomic E-state index is 13.2. The zero-order valence-electron chi connectivity index (χ0n) is 15.2. The molecular weight excluding hydrogens is 372 g/mol. The van der Waals surface area contributed by atoms with E-state index >= 15 is 0 Å². The van der Waals surface area contributed by atoms with Gasteiger partial charge in [0, 0.05) is 16.1 Å². The normalized spacial score (nSPS) is 15.1. The van der Waals surface area contributed by atoms with Crippen LogP contribution in [0.15, 0.2) is 89.5 Å². The first kappa shape index (κ1) is 18.0. The molecule has 0 fully saturated rings. The zero-order chi connectivity index (χ0) is 19.5. The fourth-order valence-electron chi connectivity index (χ4n) is 3.07. The Morgan fingerprint density at radius 1 is 0.964 bits per heavy atom. The van der Waals surface area contributed by atoms with Crippen LogP contribution in [0.25, 0.3) is 6.08 Å². The van der Waals surface area contributed by atoms with Crippen LogP contribution >= 0.6 is 11.6 Å². The average Bonchev–Trinajstić information content (AvgIpc) is 3.06. The Balaban J connectivity index is 1.86. The molecule has 0 saturated carbocycles. The molecule has 4 rings (SSSR count). The summed E-state index contributed by atoms with van der Waals surface area (Å²) >= 11 is 6.16. The van der Waals surface area contributed by atoms with Crippen molar-refractivity contribution in [1.82, 2.24) is 0 Å². The van der Waals surface area contributed by atoms with E-state index in [0.717, 1.165) is 11.1 Å². The highest BCUT2D eigenvalue weighted by atomic mass is 35.5. The van der Waals surface area contributed by atoms with E-state index in [9.17, 15) is 4.79 Å². The Morgan fingerprint density at radius 2 is 1.64 bits per heavy atom. The molecule has 0 unspecified atom stereocenters. The molecule has 1 aliphatic rings. The number of amides is 1. The van der Waals surface area contributed by atoms with Gasteiger partial charge in [-0.15, -0.1) is 0 Å². The van der Waals surface area contributed by atoms with Gasteiger partial charge in [0.15, 0.2) is 0 Å². The predicted molar refractivity (Wildman–Crippen MR) is 113 cm³/mol. The van der Waals surface area contributed by atoms with Crippen molar-refractivity contribution in [2.75, 3.05) is 12.1 Å². The van der Waals surface area contributed by atoms with Gasteiger partial charge >= 0.3 is 0 Å². The third-order valence-electron chi connectivity index (χ3n) is 4.42. The number of hydrazone groups is 1. The molecule has 0 aliphatic carbocycles. The largest absolute Gasteiger partial charge is 0.496 e. The lowest BCUT2D eigenvalue weighted by atomic mass is 10.00. The SMILES string of the molecule is COc1ccc(Cl)cc1/C=C1\C(=O)N(c2ccccc2)N=C1c1ccccc1. The van der Waals surface area contributed by atoms with Crippen LogP contribution in [0.3, 0.4) is 0 Å². The van der Waals surface area contributed by atoms with E-state index in [1.807, 2.05) is 60.7 Å². The lowest BCUT2D eigenvalue weighted by Gasteiger charge is -2.11. The Morgan fingerprint density at radius 3 is 2.32 bits per heavy atom. The third kappa shape index (κ3) is 3.42. The van der Waals surface area contributed by atoms with Gasteiger partial charge in [0.2, 0.25) is 0 Å². The summed E-state index contributed by atoms with van der Waals surface area (Å²) in [6, 6.07) is 24.3. The summed E-state index contributed by atoms with van der Waals surface area (Å²) in [6.07, 6.45) is 1.78. The lowest BCUT2D eigenvalue weighted by molar-refractivity contribution is -0.114. The maximum Gasteiger partial charge on any atom is 0.281 e. The van der Waals surface area contributed by atoms with Crippen molar-refractivity contribution < 1.29 is 9.53 Å². The quantitative estimate of drug-likeness (QED) is 0.577. The van der Waals surface area contributed by atoms with Crippen molar-refractivity contribution in [3.63, 3.8) is 0 Å². The van der Waals surface area contributed by atoms with Crippen molar-refractivity contribution in [2.45, 2.75) is 0 Å². The van der Waals surface area contributed by atoms with E-state index in [1.165, 1.54) is 5.01 Å². The van der Waals surface area contributed by atoms with E-state index < -0.39 is 0 Å². The molecule has 0 spiro atoms. The van der Waals surface area contributed by atoms with Crippen LogP contribution in [-0.4, -0.2) is 18.7 Å². The molecule has 1 aliphatic heterocycles. The van der Waals surface area contributed by atoms with Crippen molar-refractivity contribution in [2.24, 2.45) is 5.10 Å². The molecule has 1 amide bonds. The van der Waals surface area contributed by atoms with E-state index in [4.69, 9.17) is 16.3 Å². The molecule has 138 valence electrons. The first-order valence-corrected chi connectivity index (χ1v) is 9.14. The number of carbonyl (C=O) groups excluding carboxylic acids is 1. The molecule has 0 bridgehead atoms. The summed E-state index contributed by atoms with van der Waals surface area (Å²) in [5.74, 6) is 0.433. The minimum atomic E-state index is -0.202. The molecule has 3 aromatic rings. The molecular formula is C23H17ClN2O2. The molecule has 0 N–H and O–H groups in total. The molecule has 28 heavy (non-hydrogen) atoms. The van der Waals surface area contributed by atoms with Crippen molar-refractivity contribution in [1.29, 1.82) is 0 Å². The topological polar surface area (TPSA) is 41.9 Å². The fraction of sp³-hybridized carbons (Fsp3) is 0.0435. The van der Waals surface area contributed by atoms with E-state index in [0.29, 0.717) is 27.7 Å². The number of halogens is 1. The predicted octanol–water partition coefficient (Wildman–Crippen LogP) is 5.18. The number of para-hydroxylation sites is 1. The second-order valence-electron chi connectivity index (χ2n) is 6.21. The Hall–Kier alpha value is -3.37. The van der Waals surface area contributed by atoms with Crippen LogP contribution in [0.5, 0.6) is 5.75 Å². The van der Waals surface area contributed by atoms with Crippen molar-refractivity contribution in [3.05, 3.63) is 101 Å². The number of anilines is 1. The van der Waals surface area contributed by atoms with Crippen molar-refractivity contribution in [3.8, 4) is 5.75 Å². The second-order valence-corrected chi connectivity index (χ2v) is 6.65. The molecule has 3 aromatic carbocycles. The number of ether oxygens (including phenoxy) is 1.